The first kappa shape index (κ1) is 6.78. The van der Waals surface area contributed by atoms with Gasteiger partial charge in [0.05, 0.1) is 5.39 Å². The molecule has 0 aliphatic carbocycles. The summed E-state index contributed by atoms with van der Waals surface area (Å²) in [6.45, 7) is 0. The number of pyridine rings is 1. The van der Waals surface area contributed by atoms with E-state index in [4.69, 9.17) is 5.73 Å². The standard InChI is InChI=1S/C7H6N4O/c8-6-4-1-2-9-3-5(4)7(12)11-10-6/h1-3H,(H2,8,10)(H,11,12). The fourth-order valence-corrected chi connectivity index (χ4v) is 1.03. The molecule has 0 aliphatic rings. The van der Waals surface area contributed by atoms with Gasteiger partial charge in [0.25, 0.3) is 5.56 Å². The van der Waals surface area contributed by atoms with E-state index in [9.17, 15) is 4.79 Å². The lowest BCUT2D eigenvalue weighted by molar-refractivity contribution is 1.02. The van der Waals surface area contributed by atoms with E-state index in [0.717, 1.165) is 0 Å². The van der Waals surface area contributed by atoms with Crippen LogP contribution in [0.5, 0.6) is 0 Å². The molecule has 3 N–H and O–H groups in total. The van der Waals surface area contributed by atoms with Crippen molar-refractivity contribution in [1.82, 2.24) is 15.2 Å². The lowest BCUT2D eigenvalue weighted by Crippen LogP contribution is -2.10. The van der Waals surface area contributed by atoms with Crippen LogP contribution in [0, 0.1) is 0 Å². The zero-order valence-corrected chi connectivity index (χ0v) is 6.11. The Balaban J connectivity index is 3.05. The largest absolute Gasteiger partial charge is 0.382 e. The van der Waals surface area contributed by atoms with Crippen molar-refractivity contribution in [1.29, 1.82) is 0 Å². The average molecular weight is 162 g/mol. The zero-order chi connectivity index (χ0) is 8.55. The Morgan fingerprint density at radius 3 is 3.00 bits per heavy atom. The van der Waals surface area contributed by atoms with Crippen molar-refractivity contribution in [2.45, 2.75) is 0 Å². The molecule has 0 aliphatic heterocycles. The van der Waals surface area contributed by atoms with E-state index < -0.39 is 0 Å². The number of rotatable bonds is 0. The van der Waals surface area contributed by atoms with Crippen LogP contribution in [0.25, 0.3) is 10.8 Å². The number of nitrogens with one attached hydrogen (secondary N) is 1. The molecule has 0 fully saturated rings. The maximum Gasteiger partial charge on any atom is 0.273 e. The van der Waals surface area contributed by atoms with Crippen LogP contribution in [-0.4, -0.2) is 15.2 Å². The summed E-state index contributed by atoms with van der Waals surface area (Å²) in [4.78, 5) is 14.9. The quantitative estimate of drug-likeness (QED) is 0.566. The number of H-pyrrole nitrogens is 1. The van der Waals surface area contributed by atoms with Gasteiger partial charge in [-0.3, -0.25) is 9.78 Å². The van der Waals surface area contributed by atoms with Crippen molar-refractivity contribution >= 4 is 16.6 Å². The minimum Gasteiger partial charge on any atom is -0.382 e. The number of fused-ring (bicyclic) bond motifs is 1. The van der Waals surface area contributed by atoms with Crippen LogP contribution in [0.15, 0.2) is 23.3 Å². The lowest BCUT2D eigenvalue weighted by Gasteiger charge is -1.96. The predicted octanol–water partition coefficient (Wildman–Crippen LogP) is -0.0997. The number of aromatic amines is 1. The van der Waals surface area contributed by atoms with Crippen molar-refractivity contribution in [3.63, 3.8) is 0 Å². The SMILES string of the molecule is Nc1n[nH]c(=O)c2cnccc12. The second kappa shape index (κ2) is 2.30. The van der Waals surface area contributed by atoms with Gasteiger partial charge in [0.2, 0.25) is 0 Å². The second-order valence-electron chi connectivity index (χ2n) is 2.36. The molecule has 60 valence electrons. The third-order valence-corrected chi connectivity index (χ3v) is 1.62. The minimum atomic E-state index is -0.271. The molecular weight excluding hydrogens is 156 g/mol. The Morgan fingerprint density at radius 1 is 1.42 bits per heavy atom. The second-order valence-corrected chi connectivity index (χ2v) is 2.36. The van der Waals surface area contributed by atoms with E-state index in [1.54, 1.807) is 12.3 Å². The molecule has 0 saturated heterocycles. The van der Waals surface area contributed by atoms with Crippen LogP contribution < -0.4 is 11.3 Å². The van der Waals surface area contributed by atoms with Crippen LogP contribution in [0.1, 0.15) is 0 Å². The molecule has 2 aromatic rings. The summed E-state index contributed by atoms with van der Waals surface area (Å²) in [5.41, 5.74) is 5.25. The van der Waals surface area contributed by atoms with Gasteiger partial charge in [-0.15, -0.1) is 0 Å². The molecule has 5 nitrogen and oxygen atoms in total. The molecule has 12 heavy (non-hydrogen) atoms. The van der Waals surface area contributed by atoms with E-state index in [1.165, 1.54) is 6.20 Å². The average Bonchev–Trinajstić information content (AvgIpc) is 2.12. The number of nitrogen functional groups attached to an aromatic ring is 1. The van der Waals surface area contributed by atoms with Crippen LogP contribution in [0.3, 0.4) is 0 Å². The zero-order valence-electron chi connectivity index (χ0n) is 6.11. The van der Waals surface area contributed by atoms with Crippen molar-refractivity contribution < 1.29 is 0 Å². The van der Waals surface area contributed by atoms with Crippen molar-refractivity contribution in [3.05, 3.63) is 28.8 Å². The molecule has 0 aromatic carbocycles. The first-order valence-corrected chi connectivity index (χ1v) is 3.37. The molecule has 2 heterocycles. The summed E-state index contributed by atoms with van der Waals surface area (Å²) in [5.74, 6) is 0.312. The van der Waals surface area contributed by atoms with Gasteiger partial charge in [-0.05, 0) is 6.07 Å². The normalized spacial score (nSPS) is 10.3. The highest BCUT2D eigenvalue weighted by Gasteiger charge is 2.01. The van der Waals surface area contributed by atoms with Crippen LogP contribution in [-0.2, 0) is 0 Å². The van der Waals surface area contributed by atoms with E-state index in [-0.39, 0.29) is 5.56 Å². The van der Waals surface area contributed by atoms with Crippen molar-refractivity contribution in [3.8, 4) is 0 Å². The van der Waals surface area contributed by atoms with Crippen molar-refractivity contribution in [2.75, 3.05) is 5.73 Å². The summed E-state index contributed by atoms with van der Waals surface area (Å²) in [6, 6.07) is 1.66. The Kier molecular flexibility index (Phi) is 1.30. The van der Waals surface area contributed by atoms with E-state index in [2.05, 4.69) is 15.2 Å². The highest BCUT2D eigenvalue weighted by molar-refractivity contribution is 5.88. The smallest absolute Gasteiger partial charge is 0.273 e. The summed E-state index contributed by atoms with van der Waals surface area (Å²) >= 11 is 0. The van der Waals surface area contributed by atoms with Gasteiger partial charge in [-0.25, -0.2) is 5.10 Å². The lowest BCUT2D eigenvalue weighted by atomic mass is 10.2. The topological polar surface area (TPSA) is 84.7 Å². The molecule has 0 bridgehead atoms. The fraction of sp³-hybridized carbons (Fsp3) is 0. The monoisotopic (exact) mass is 162 g/mol. The minimum absolute atomic E-state index is 0.271. The number of nitrogens with zero attached hydrogens (tertiary/aromatic N) is 2. The van der Waals surface area contributed by atoms with Gasteiger partial charge in [-0.2, -0.15) is 5.10 Å². The first-order valence-electron chi connectivity index (χ1n) is 3.37. The molecule has 2 aromatic heterocycles. The predicted molar refractivity (Wildman–Crippen MR) is 44.6 cm³/mol. The van der Waals surface area contributed by atoms with E-state index in [1.807, 2.05) is 0 Å². The van der Waals surface area contributed by atoms with Crippen LogP contribution in [0.2, 0.25) is 0 Å². The number of nitrogens with two attached hydrogens (primary N) is 1. The third-order valence-electron chi connectivity index (χ3n) is 1.62. The Bertz CT molecular complexity index is 476. The third kappa shape index (κ3) is 0.833. The number of anilines is 1. The van der Waals surface area contributed by atoms with Gasteiger partial charge in [0.15, 0.2) is 5.82 Å². The van der Waals surface area contributed by atoms with Gasteiger partial charge in [0.1, 0.15) is 0 Å². The Hall–Kier alpha value is -1.91. The molecular formula is C7H6N4O. The molecule has 0 saturated carbocycles. The number of aromatic nitrogens is 3. The summed E-state index contributed by atoms with van der Waals surface area (Å²) in [5, 5.41) is 6.99. The van der Waals surface area contributed by atoms with Gasteiger partial charge in [-0.1, -0.05) is 0 Å². The Labute approximate surface area is 67.2 Å². The highest BCUT2D eigenvalue weighted by atomic mass is 16.1. The molecule has 0 atom stereocenters. The van der Waals surface area contributed by atoms with Gasteiger partial charge < -0.3 is 5.73 Å². The molecule has 5 heteroatoms. The fourth-order valence-electron chi connectivity index (χ4n) is 1.03. The maximum absolute atomic E-state index is 11.1. The summed E-state index contributed by atoms with van der Waals surface area (Å²) < 4.78 is 0. The first-order chi connectivity index (χ1) is 5.79. The number of hydrogen-bond acceptors (Lipinski definition) is 4. The maximum atomic E-state index is 11.1. The van der Waals surface area contributed by atoms with Crippen molar-refractivity contribution in [2.24, 2.45) is 0 Å². The molecule has 0 amide bonds. The highest BCUT2D eigenvalue weighted by Crippen LogP contribution is 2.11. The van der Waals surface area contributed by atoms with E-state index in [0.29, 0.717) is 16.6 Å². The van der Waals surface area contributed by atoms with Crippen LogP contribution in [0.4, 0.5) is 5.82 Å². The Morgan fingerprint density at radius 2 is 2.25 bits per heavy atom. The molecule has 0 unspecified atom stereocenters. The van der Waals surface area contributed by atoms with Gasteiger partial charge in [0, 0.05) is 17.8 Å². The number of hydrogen-bond donors (Lipinski definition) is 2. The summed E-state index contributed by atoms with van der Waals surface area (Å²) in [7, 11) is 0. The van der Waals surface area contributed by atoms with Crippen LogP contribution >= 0.6 is 0 Å². The molecule has 0 spiro atoms. The molecule has 0 radical (unpaired) electrons. The van der Waals surface area contributed by atoms with E-state index >= 15 is 0 Å². The molecule has 2 rings (SSSR count). The summed E-state index contributed by atoms with van der Waals surface area (Å²) in [6.07, 6.45) is 3.03. The van der Waals surface area contributed by atoms with Gasteiger partial charge >= 0.3 is 0 Å².